The zero-order valence-corrected chi connectivity index (χ0v) is 16.4. The summed E-state index contributed by atoms with van der Waals surface area (Å²) in [5, 5.41) is 0. The second-order valence-corrected chi connectivity index (χ2v) is 7.72. The fourth-order valence-corrected chi connectivity index (χ4v) is 3.67. The highest BCUT2D eigenvalue weighted by atomic mass is 32.2. The van der Waals surface area contributed by atoms with Crippen molar-refractivity contribution in [2.75, 3.05) is 34.4 Å². The summed E-state index contributed by atoms with van der Waals surface area (Å²) in [6.45, 7) is 2.77. The first-order valence-electron chi connectivity index (χ1n) is 8.32. The molecule has 2 aromatic carbocycles. The summed E-state index contributed by atoms with van der Waals surface area (Å²) in [6, 6.07) is 12.0. The molecule has 6 nitrogen and oxygen atoms in total. The van der Waals surface area contributed by atoms with E-state index in [1.807, 2.05) is 25.1 Å². The lowest BCUT2D eigenvalue weighted by Crippen LogP contribution is -2.29. The van der Waals surface area contributed by atoms with Crippen molar-refractivity contribution in [3.05, 3.63) is 48.0 Å². The Morgan fingerprint density at radius 1 is 0.962 bits per heavy atom. The molecule has 0 aliphatic heterocycles. The van der Waals surface area contributed by atoms with E-state index in [-0.39, 0.29) is 4.90 Å². The number of benzene rings is 2. The molecular formula is C19H25NO5S. The topological polar surface area (TPSA) is 65.1 Å². The van der Waals surface area contributed by atoms with Gasteiger partial charge in [0.2, 0.25) is 10.0 Å². The highest BCUT2D eigenvalue weighted by Gasteiger charge is 2.20. The van der Waals surface area contributed by atoms with Crippen molar-refractivity contribution in [3.63, 3.8) is 0 Å². The SMILES string of the molecule is CCOc1ccc(S(=O)(=O)N(C)CCc2ccc(OC)c(OC)c2)cc1. The van der Waals surface area contributed by atoms with Crippen molar-refractivity contribution in [2.45, 2.75) is 18.2 Å². The van der Waals surface area contributed by atoms with Crippen molar-refractivity contribution >= 4 is 10.0 Å². The Labute approximate surface area is 155 Å². The van der Waals surface area contributed by atoms with Gasteiger partial charge < -0.3 is 14.2 Å². The number of hydrogen-bond acceptors (Lipinski definition) is 5. The van der Waals surface area contributed by atoms with E-state index < -0.39 is 10.0 Å². The van der Waals surface area contributed by atoms with Crippen LogP contribution in [0.15, 0.2) is 47.4 Å². The third kappa shape index (κ3) is 4.68. The summed E-state index contributed by atoms with van der Waals surface area (Å²) in [5.41, 5.74) is 0.969. The molecule has 0 amide bonds. The fourth-order valence-electron chi connectivity index (χ4n) is 2.50. The normalized spacial score (nSPS) is 11.4. The van der Waals surface area contributed by atoms with Gasteiger partial charge in [-0.15, -0.1) is 0 Å². The zero-order chi connectivity index (χ0) is 19.2. The van der Waals surface area contributed by atoms with E-state index >= 15 is 0 Å². The molecule has 2 aromatic rings. The molecule has 0 atom stereocenters. The second-order valence-electron chi connectivity index (χ2n) is 5.67. The smallest absolute Gasteiger partial charge is 0.242 e. The molecule has 7 heteroatoms. The van der Waals surface area contributed by atoms with Crippen LogP contribution in [0.25, 0.3) is 0 Å². The van der Waals surface area contributed by atoms with Crippen LogP contribution in [0, 0.1) is 0 Å². The summed E-state index contributed by atoms with van der Waals surface area (Å²) < 4.78 is 42.6. The first kappa shape index (κ1) is 20.1. The Balaban J connectivity index is 2.07. The largest absolute Gasteiger partial charge is 0.494 e. The molecule has 0 radical (unpaired) electrons. The van der Waals surface area contributed by atoms with E-state index in [1.54, 1.807) is 45.5 Å². The van der Waals surface area contributed by atoms with Crippen LogP contribution in [0.2, 0.25) is 0 Å². The Kier molecular flexibility index (Phi) is 6.88. The van der Waals surface area contributed by atoms with Crippen LogP contribution < -0.4 is 14.2 Å². The maximum absolute atomic E-state index is 12.7. The number of likely N-dealkylation sites (N-methyl/N-ethyl adjacent to an activating group) is 1. The maximum Gasteiger partial charge on any atom is 0.242 e. The van der Waals surface area contributed by atoms with Crippen LogP contribution in [-0.4, -0.2) is 47.1 Å². The molecule has 0 aliphatic carbocycles. The molecule has 2 rings (SSSR count). The summed E-state index contributed by atoms with van der Waals surface area (Å²) in [5.74, 6) is 1.92. The third-order valence-corrected chi connectivity index (χ3v) is 5.88. The molecule has 0 saturated heterocycles. The summed E-state index contributed by atoms with van der Waals surface area (Å²) in [4.78, 5) is 0.246. The van der Waals surface area contributed by atoms with E-state index in [2.05, 4.69) is 0 Å². The molecule has 0 unspecified atom stereocenters. The van der Waals surface area contributed by atoms with Crippen molar-refractivity contribution in [1.82, 2.24) is 4.31 Å². The number of nitrogens with zero attached hydrogens (tertiary/aromatic N) is 1. The van der Waals surface area contributed by atoms with Crippen molar-refractivity contribution in [2.24, 2.45) is 0 Å². The standard InChI is InChI=1S/C19H25NO5S/c1-5-25-16-7-9-17(10-8-16)26(21,22)20(2)13-12-15-6-11-18(23-3)19(14-15)24-4/h6-11,14H,5,12-13H2,1-4H3. The van der Waals surface area contributed by atoms with Gasteiger partial charge in [-0.1, -0.05) is 6.07 Å². The summed E-state index contributed by atoms with van der Waals surface area (Å²) in [7, 11) is 1.18. The minimum atomic E-state index is -3.55. The van der Waals surface area contributed by atoms with E-state index in [1.165, 1.54) is 4.31 Å². The molecule has 26 heavy (non-hydrogen) atoms. The van der Waals surface area contributed by atoms with E-state index in [0.717, 1.165) is 5.56 Å². The predicted molar refractivity (Wildman–Crippen MR) is 101 cm³/mol. The third-order valence-electron chi connectivity index (χ3n) is 4.01. The highest BCUT2D eigenvalue weighted by molar-refractivity contribution is 7.89. The van der Waals surface area contributed by atoms with Crippen LogP contribution >= 0.6 is 0 Å². The number of methoxy groups -OCH3 is 2. The second kappa shape index (κ2) is 8.91. The van der Waals surface area contributed by atoms with Crippen LogP contribution in [0.4, 0.5) is 0 Å². The lowest BCUT2D eigenvalue weighted by molar-refractivity contribution is 0.340. The first-order chi connectivity index (χ1) is 12.4. The van der Waals surface area contributed by atoms with Crippen LogP contribution in [0.1, 0.15) is 12.5 Å². The molecule has 0 bridgehead atoms. The van der Waals surface area contributed by atoms with Gasteiger partial charge >= 0.3 is 0 Å². The van der Waals surface area contributed by atoms with Crippen LogP contribution in [0.5, 0.6) is 17.2 Å². The predicted octanol–water partition coefficient (Wildman–Crippen LogP) is 2.97. The first-order valence-corrected chi connectivity index (χ1v) is 9.76. The average Bonchev–Trinajstić information content (AvgIpc) is 2.66. The highest BCUT2D eigenvalue weighted by Crippen LogP contribution is 2.28. The Bertz CT molecular complexity index is 818. The lowest BCUT2D eigenvalue weighted by Gasteiger charge is -2.18. The molecular weight excluding hydrogens is 354 g/mol. The van der Waals surface area contributed by atoms with Gasteiger partial charge in [-0.2, -0.15) is 0 Å². The molecule has 0 heterocycles. The Hall–Kier alpha value is -2.25. The van der Waals surface area contributed by atoms with Crippen molar-refractivity contribution in [1.29, 1.82) is 0 Å². The van der Waals surface area contributed by atoms with Gasteiger partial charge in [-0.05, 0) is 55.3 Å². The molecule has 142 valence electrons. The van der Waals surface area contributed by atoms with E-state index in [4.69, 9.17) is 14.2 Å². The maximum atomic E-state index is 12.7. The molecule has 0 fully saturated rings. The quantitative estimate of drug-likeness (QED) is 0.670. The Morgan fingerprint density at radius 3 is 2.19 bits per heavy atom. The van der Waals surface area contributed by atoms with E-state index in [9.17, 15) is 8.42 Å². The van der Waals surface area contributed by atoms with Gasteiger partial charge in [0.1, 0.15) is 5.75 Å². The average molecular weight is 379 g/mol. The summed E-state index contributed by atoms with van der Waals surface area (Å²) in [6.07, 6.45) is 0.563. The minimum absolute atomic E-state index is 0.246. The van der Waals surface area contributed by atoms with Crippen LogP contribution in [0.3, 0.4) is 0 Å². The van der Waals surface area contributed by atoms with E-state index in [0.29, 0.717) is 36.8 Å². The molecule has 0 saturated carbocycles. The molecule has 0 spiro atoms. The molecule has 0 N–H and O–H groups in total. The van der Waals surface area contributed by atoms with Gasteiger partial charge in [-0.25, -0.2) is 12.7 Å². The zero-order valence-electron chi connectivity index (χ0n) is 15.6. The number of sulfonamides is 1. The fraction of sp³-hybridized carbons (Fsp3) is 0.368. The van der Waals surface area contributed by atoms with Crippen molar-refractivity contribution in [3.8, 4) is 17.2 Å². The van der Waals surface area contributed by atoms with Gasteiger partial charge in [-0.3, -0.25) is 0 Å². The number of ether oxygens (including phenoxy) is 3. The minimum Gasteiger partial charge on any atom is -0.494 e. The molecule has 0 aliphatic rings. The van der Waals surface area contributed by atoms with Gasteiger partial charge in [0.25, 0.3) is 0 Å². The van der Waals surface area contributed by atoms with Crippen molar-refractivity contribution < 1.29 is 22.6 Å². The molecule has 0 aromatic heterocycles. The Morgan fingerprint density at radius 2 is 1.62 bits per heavy atom. The van der Waals surface area contributed by atoms with Gasteiger partial charge in [0.05, 0.1) is 25.7 Å². The lowest BCUT2D eigenvalue weighted by atomic mass is 10.1. The van der Waals surface area contributed by atoms with Gasteiger partial charge in [0.15, 0.2) is 11.5 Å². The summed E-state index contributed by atoms with van der Waals surface area (Å²) >= 11 is 0. The van der Waals surface area contributed by atoms with Gasteiger partial charge in [0, 0.05) is 13.6 Å². The monoisotopic (exact) mass is 379 g/mol. The number of rotatable bonds is 9. The van der Waals surface area contributed by atoms with Crippen LogP contribution in [-0.2, 0) is 16.4 Å². The number of hydrogen-bond donors (Lipinski definition) is 0.